The maximum Gasteiger partial charge on any atom is 0.0700 e. The maximum atomic E-state index is 10.3. The highest BCUT2D eigenvalue weighted by molar-refractivity contribution is 4.94. The molecule has 2 fully saturated rings. The van der Waals surface area contributed by atoms with E-state index in [4.69, 9.17) is 0 Å². The number of hydrogen-bond donors (Lipinski definition) is 2. The Morgan fingerprint density at radius 2 is 1.58 bits per heavy atom. The van der Waals surface area contributed by atoms with Crippen molar-refractivity contribution in [1.82, 2.24) is 5.32 Å². The molecule has 0 amide bonds. The topological polar surface area (TPSA) is 32.3 Å². The van der Waals surface area contributed by atoms with E-state index in [1.54, 1.807) is 0 Å². The molecule has 12 heavy (non-hydrogen) atoms. The lowest BCUT2D eigenvalue weighted by atomic mass is 9.78. The van der Waals surface area contributed by atoms with Crippen molar-refractivity contribution in [3.05, 3.63) is 0 Å². The van der Waals surface area contributed by atoms with Crippen LogP contribution in [0.3, 0.4) is 0 Å². The summed E-state index contributed by atoms with van der Waals surface area (Å²) in [6.45, 7) is 2.08. The summed E-state index contributed by atoms with van der Waals surface area (Å²) >= 11 is 0. The van der Waals surface area contributed by atoms with Crippen LogP contribution in [0, 0.1) is 5.92 Å². The Bertz CT molecular complexity index is 146. The van der Waals surface area contributed by atoms with Crippen molar-refractivity contribution in [1.29, 1.82) is 0 Å². The van der Waals surface area contributed by atoms with Crippen LogP contribution in [0.4, 0.5) is 0 Å². The summed E-state index contributed by atoms with van der Waals surface area (Å²) in [6, 6.07) is 0. The van der Waals surface area contributed by atoms with E-state index >= 15 is 0 Å². The Balaban J connectivity index is 1.95. The third-order valence-corrected chi connectivity index (χ3v) is 3.51. The summed E-state index contributed by atoms with van der Waals surface area (Å²) in [5, 5.41) is 13.6. The largest absolute Gasteiger partial charge is 0.390 e. The molecule has 1 aliphatic carbocycles. The minimum atomic E-state index is -0.304. The van der Waals surface area contributed by atoms with Gasteiger partial charge >= 0.3 is 0 Å². The number of aliphatic hydroxyl groups is 1. The summed E-state index contributed by atoms with van der Waals surface area (Å²) in [6.07, 6.45) is 7.18. The van der Waals surface area contributed by atoms with E-state index in [2.05, 4.69) is 5.32 Å². The molecule has 0 spiro atoms. The molecule has 0 aromatic carbocycles. The lowest BCUT2D eigenvalue weighted by Crippen LogP contribution is -2.55. The van der Waals surface area contributed by atoms with Gasteiger partial charge in [-0.15, -0.1) is 0 Å². The molecule has 0 aromatic heterocycles. The van der Waals surface area contributed by atoms with Crippen LogP contribution in [0.2, 0.25) is 0 Å². The molecule has 0 bridgehead atoms. The van der Waals surface area contributed by atoms with E-state index in [0.29, 0.717) is 5.92 Å². The summed E-state index contributed by atoms with van der Waals surface area (Å²) in [5.41, 5.74) is -0.304. The van der Waals surface area contributed by atoms with E-state index in [-0.39, 0.29) is 5.60 Å². The molecule has 70 valence electrons. The molecule has 2 rings (SSSR count). The normalized spacial score (nSPS) is 30.8. The van der Waals surface area contributed by atoms with Crippen LogP contribution in [0.1, 0.15) is 38.5 Å². The van der Waals surface area contributed by atoms with Crippen molar-refractivity contribution >= 4 is 0 Å². The molecule has 2 heteroatoms. The van der Waals surface area contributed by atoms with Gasteiger partial charge in [0.05, 0.1) is 5.60 Å². The minimum Gasteiger partial charge on any atom is -0.390 e. The zero-order valence-corrected chi connectivity index (χ0v) is 7.68. The number of hydrogen-bond acceptors (Lipinski definition) is 2. The Hall–Kier alpha value is -0.0800. The van der Waals surface area contributed by atoms with Crippen LogP contribution >= 0.6 is 0 Å². The second kappa shape index (κ2) is 3.35. The predicted octanol–water partition coefficient (Wildman–Crippen LogP) is 1.29. The predicted molar refractivity (Wildman–Crippen MR) is 49.0 cm³/mol. The van der Waals surface area contributed by atoms with Crippen LogP contribution < -0.4 is 5.32 Å². The summed E-state index contributed by atoms with van der Waals surface area (Å²) in [5.74, 6) is 0.551. The molecule has 0 atom stereocenters. The monoisotopic (exact) mass is 169 g/mol. The van der Waals surface area contributed by atoms with Crippen molar-refractivity contribution < 1.29 is 5.11 Å². The highest BCUT2D eigenvalue weighted by Gasteiger charge is 2.39. The first-order valence-corrected chi connectivity index (χ1v) is 5.24. The SMILES string of the molecule is OC1(C2CNC2)CCCCCC1. The van der Waals surface area contributed by atoms with Crippen LogP contribution in [-0.4, -0.2) is 23.8 Å². The quantitative estimate of drug-likeness (QED) is 0.580. The fourth-order valence-corrected chi connectivity index (χ4v) is 2.42. The van der Waals surface area contributed by atoms with Crippen LogP contribution in [0.5, 0.6) is 0 Å². The lowest BCUT2D eigenvalue weighted by molar-refractivity contribution is -0.0509. The van der Waals surface area contributed by atoms with Crippen molar-refractivity contribution in [3.8, 4) is 0 Å². The van der Waals surface area contributed by atoms with Gasteiger partial charge in [0.15, 0.2) is 0 Å². The standard InChI is InChI=1S/C10H19NO/c12-10(9-7-11-8-9)5-3-1-2-4-6-10/h9,11-12H,1-8H2. The molecular formula is C10H19NO. The zero-order chi connectivity index (χ0) is 8.44. The lowest BCUT2D eigenvalue weighted by Gasteiger charge is -2.41. The Morgan fingerprint density at radius 3 is 2.00 bits per heavy atom. The average Bonchev–Trinajstić information content (AvgIpc) is 2.10. The molecule has 2 nitrogen and oxygen atoms in total. The molecule has 2 aliphatic rings. The molecule has 1 aliphatic heterocycles. The first-order valence-electron chi connectivity index (χ1n) is 5.24. The molecular weight excluding hydrogens is 150 g/mol. The molecule has 0 radical (unpaired) electrons. The molecule has 1 saturated carbocycles. The Kier molecular flexibility index (Phi) is 2.37. The molecule has 1 saturated heterocycles. The van der Waals surface area contributed by atoms with Crippen molar-refractivity contribution in [2.75, 3.05) is 13.1 Å². The molecule has 2 N–H and O–H groups in total. The average molecular weight is 169 g/mol. The third kappa shape index (κ3) is 1.50. The second-order valence-electron chi connectivity index (χ2n) is 4.37. The zero-order valence-electron chi connectivity index (χ0n) is 7.68. The first kappa shape index (κ1) is 8.52. The second-order valence-corrected chi connectivity index (χ2v) is 4.37. The van der Waals surface area contributed by atoms with Gasteiger partial charge in [-0.25, -0.2) is 0 Å². The first-order chi connectivity index (χ1) is 5.81. The Labute approximate surface area is 74.4 Å². The van der Waals surface area contributed by atoms with Gasteiger partial charge in [0.25, 0.3) is 0 Å². The van der Waals surface area contributed by atoms with Crippen LogP contribution in [-0.2, 0) is 0 Å². The molecule has 1 heterocycles. The fraction of sp³-hybridized carbons (Fsp3) is 1.00. The summed E-state index contributed by atoms with van der Waals surface area (Å²) in [4.78, 5) is 0. The van der Waals surface area contributed by atoms with Crippen LogP contribution in [0.15, 0.2) is 0 Å². The van der Waals surface area contributed by atoms with Crippen molar-refractivity contribution in [3.63, 3.8) is 0 Å². The van der Waals surface area contributed by atoms with Gasteiger partial charge in [-0.1, -0.05) is 25.7 Å². The van der Waals surface area contributed by atoms with Crippen LogP contribution in [0.25, 0.3) is 0 Å². The minimum absolute atomic E-state index is 0.304. The molecule has 0 unspecified atom stereocenters. The van der Waals surface area contributed by atoms with E-state index in [9.17, 15) is 5.11 Å². The maximum absolute atomic E-state index is 10.3. The van der Waals surface area contributed by atoms with Gasteiger partial charge in [-0.05, 0) is 12.8 Å². The smallest absolute Gasteiger partial charge is 0.0700 e. The number of nitrogens with one attached hydrogen (secondary N) is 1. The summed E-state index contributed by atoms with van der Waals surface area (Å²) < 4.78 is 0. The highest BCUT2D eigenvalue weighted by atomic mass is 16.3. The van der Waals surface area contributed by atoms with Gasteiger partial charge in [0.1, 0.15) is 0 Å². The molecule has 0 aromatic rings. The Morgan fingerprint density at radius 1 is 1.00 bits per heavy atom. The fourth-order valence-electron chi connectivity index (χ4n) is 2.42. The highest BCUT2D eigenvalue weighted by Crippen LogP contribution is 2.34. The summed E-state index contributed by atoms with van der Waals surface area (Å²) in [7, 11) is 0. The van der Waals surface area contributed by atoms with Gasteiger partial charge in [0.2, 0.25) is 0 Å². The van der Waals surface area contributed by atoms with Gasteiger partial charge in [-0.3, -0.25) is 0 Å². The van der Waals surface area contributed by atoms with Crippen molar-refractivity contribution in [2.24, 2.45) is 5.92 Å². The van der Waals surface area contributed by atoms with Crippen molar-refractivity contribution in [2.45, 2.75) is 44.1 Å². The third-order valence-electron chi connectivity index (χ3n) is 3.51. The number of rotatable bonds is 1. The van der Waals surface area contributed by atoms with E-state index in [0.717, 1.165) is 25.9 Å². The van der Waals surface area contributed by atoms with Gasteiger partial charge < -0.3 is 10.4 Å². The van der Waals surface area contributed by atoms with E-state index < -0.39 is 0 Å². The van der Waals surface area contributed by atoms with Gasteiger partial charge in [-0.2, -0.15) is 0 Å². The van der Waals surface area contributed by atoms with E-state index in [1.165, 1.54) is 25.7 Å². The van der Waals surface area contributed by atoms with Gasteiger partial charge in [0, 0.05) is 19.0 Å². The van der Waals surface area contributed by atoms with E-state index in [1.807, 2.05) is 0 Å².